The summed E-state index contributed by atoms with van der Waals surface area (Å²) in [6, 6.07) is 5.59. The van der Waals surface area contributed by atoms with Crippen molar-refractivity contribution in [2.75, 3.05) is 43.1 Å². The van der Waals surface area contributed by atoms with Gasteiger partial charge in [-0.05, 0) is 70.4 Å². The van der Waals surface area contributed by atoms with E-state index in [9.17, 15) is 9.59 Å². The number of nitrogens with zero attached hydrogens (tertiary/aromatic N) is 5. The summed E-state index contributed by atoms with van der Waals surface area (Å²) in [5, 5.41) is -0.00120. The largest absolute Gasteiger partial charge is 0.496 e. The molecular formula is C38H43F3N6O5. The Bertz CT molecular complexity index is 2160. The first-order valence-corrected chi connectivity index (χ1v) is 17.1. The molecule has 2 aliphatic rings. The second-order valence-electron chi connectivity index (χ2n) is 14.7. The van der Waals surface area contributed by atoms with Crippen LogP contribution in [-0.2, 0) is 9.53 Å². The Morgan fingerprint density at radius 3 is 2.37 bits per heavy atom. The van der Waals surface area contributed by atoms with Gasteiger partial charge in [0.2, 0.25) is 5.91 Å². The van der Waals surface area contributed by atoms with Gasteiger partial charge in [0.1, 0.15) is 28.7 Å². The predicted molar refractivity (Wildman–Crippen MR) is 193 cm³/mol. The molecule has 6 rings (SSSR count). The lowest BCUT2D eigenvalue weighted by Crippen LogP contribution is -2.65. The van der Waals surface area contributed by atoms with E-state index in [1.165, 1.54) is 24.1 Å². The van der Waals surface area contributed by atoms with Gasteiger partial charge in [-0.3, -0.25) is 19.1 Å². The van der Waals surface area contributed by atoms with Crippen molar-refractivity contribution in [3.63, 3.8) is 0 Å². The van der Waals surface area contributed by atoms with Gasteiger partial charge in [-0.25, -0.2) is 18.0 Å². The van der Waals surface area contributed by atoms with Gasteiger partial charge in [0.05, 0.1) is 53.4 Å². The number of benzene rings is 2. The van der Waals surface area contributed by atoms with Crippen LogP contribution >= 0.6 is 0 Å². The van der Waals surface area contributed by atoms with Crippen molar-refractivity contribution in [3.05, 3.63) is 75.6 Å². The number of fused-ring (bicyclic) bond motifs is 5. The number of hydrogen-bond acceptors (Lipinski definition) is 8. The van der Waals surface area contributed by atoms with Gasteiger partial charge in [-0.15, -0.1) is 0 Å². The molecule has 0 bridgehead atoms. The van der Waals surface area contributed by atoms with Crippen LogP contribution in [0.4, 0.5) is 29.3 Å². The smallest absolute Gasteiger partial charge is 0.410 e. The zero-order valence-electron chi connectivity index (χ0n) is 30.5. The number of hydrogen-bond donors (Lipinski definition) is 1. The molecule has 1 saturated heterocycles. The number of methoxy groups -OCH3 is 1. The summed E-state index contributed by atoms with van der Waals surface area (Å²) in [6.45, 7) is 12.6. The second kappa shape index (κ2) is 13.4. The highest BCUT2D eigenvalue weighted by Gasteiger charge is 2.44. The number of aryl methyl sites for hydroxylation is 1. The number of rotatable bonds is 6. The summed E-state index contributed by atoms with van der Waals surface area (Å²) in [5.74, 6) is -4.31. The van der Waals surface area contributed by atoms with E-state index >= 15 is 18.0 Å². The first kappa shape index (κ1) is 36.5. The summed E-state index contributed by atoms with van der Waals surface area (Å²) in [7, 11) is 1.26. The van der Waals surface area contributed by atoms with Crippen molar-refractivity contribution in [1.82, 2.24) is 14.5 Å². The van der Waals surface area contributed by atoms with Gasteiger partial charge in [0.15, 0.2) is 5.82 Å². The molecule has 52 heavy (non-hydrogen) atoms. The SMILES string of the molecule is COc1cccc(F)c1-c1c(F)cc2c3c(c(=O)n(-c4c(C)ccnc4C(C)C)c2c1F)N(CC(N)=O)C[C@H]1CN(C(=O)OC(C)(C)C)[C@H](C)CN31. The predicted octanol–water partition coefficient (Wildman–Crippen LogP) is 6.03. The molecule has 0 saturated carbocycles. The number of carbonyl (C=O) groups excluding carboxylic acids is 2. The van der Waals surface area contributed by atoms with Crippen LogP contribution in [0.5, 0.6) is 5.75 Å². The number of aromatic nitrogens is 2. The normalized spacial score (nSPS) is 17.3. The lowest BCUT2D eigenvalue weighted by atomic mass is 9.95. The summed E-state index contributed by atoms with van der Waals surface area (Å²) in [4.78, 5) is 50.5. The van der Waals surface area contributed by atoms with Gasteiger partial charge < -0.3 is 29.9 Å². The Kier molecular flexibility index (Phi) is 9.39. The molecule has 4 aromatic rings. The van der Waals surface area contributed by atoms with Gasteiger partial charge in [-0.1, -0.05) is 19.9 Å². The van der Waals surface area contributed by atoms with Crippen molar-refractivity contribution in [1.29, 1.82) is 0 Å². The van der Waals surface area contributed by atoms with Crippen molar-refractivity contribution in [2.45, 2.75) is 72.1 Å². The van der Waals surface area contributed by atoms with E-state index in [0.717, 1.165) is 16.7 Å². The number of piperazine rings is 1. The quantitative estimate of drug-likeness (QED) is 0.256. The molecule has 0 spiro atoms. The third-order valence-corrected chi connectivity index (χ3v) is 9.52. The van der Waals surface area contributed by atoms with Gasteiger partial charge in [0, 0.05) is 37.3 Å². The molecule has 4 heterocycles. The summed E-state index contributed by atoms with van der Waals surface area (Å²) in [6.07, 6.45) is 1.04. The molecule has 0 radical (unpaired) electrons. The number of amides is 2. The fraction of sp³-hybridized carbons (Fsp3) is 0.421. The van der Waals surface area contributed by atoms with Gasteiger partial charge in [0.25, 0.3) is 5.56 Å². The van der Waals surface area contributed by atoms with Crippen molar-refractivity contribution >= 4 is 34.3 Å². The fourth-order valence-corrected chi connectivity index (χ4v) is 7.38. The zero-order valence-corrected chi connectivity index (χ0v) is 30.5. The Labute approximate surface area is 299 Å². The Balaban J connectivity index is 1.74. The molecule has 0 aliphatic carbocycles. The Morgan fingerprint density at radius 2 is 1.73 bits per heavy atom. The van der Waals surface area contributed by atoms with E-state index < -0.39 is 70.4 Å². The zero-order chi connectivity index (χ0) is 38.0. The van der Waals surface area contributed by atoms with Crippen LogP contribution in [0.25, 0.3) is 27.7 Å². The third-order valence-electron chi connectivity index (χ3n) is 9.52. The van der Waals surface area contributed by atoms with Crippen molar-refractivity contribution in [2.24, 2.45) is 5.73 Å². The summed E-state index contributed by atoms with van der Waals surface area (Å²) < 4.78 is 62.0. The van der Waals surface area contributed by atoms with Crippen LogP contribution in [0.1, 0.15) is 58.7 Å². The van der Waals surface area contributed by atoms with E-state index in [1.54, 1.807) is 44.9 Å². The van der Waals surface area contributed by atoms with Gasteiger partial charge >= 0.3 is 6.09 Å². The number of primary amides is 1. The third kappa shape index (κ3) is 6.17. The maximum atomic E-state index is 17.6. The minimum Gasteiger partial charge on any atom is -0.496 e. The number of pyridine rings is 2. The monoisotopic (exact) mass is 720 g/mol. The molecule has 1 fully saturated rings. The van der Waals surface area contributed by atoms with E-state index in [4.69, 9.17) is 15.2 Å². The summed E-state index contributed by atoms with van der Waals surface area (Å²) >= 11 is 0. The molecule has 11 nitrogen and oxygen atoms in total. The van der Waals surface area contributed by atoms with Crippen molar-refractivity contribution < 1.29 is 32.2 Å². The van der Waals surface area contributed by atoms with Crippen LogP contribution in [0.15, 0.2) is 41.3 Å². The van der Waals surface area contributed by atoms with E-state index in [-0.39, 0.29) is 59.3 Å². The fourth-order valence-electron chi connectivity index (χ4n) is 7.38. The highest BCUT2D eigenvalue weighted by atomic mass is 19.1. The minimum atomic E-state index is -1.19. The average molecular weight is 721 g/mol. The van der Waals surface area contributed by atoms with E-state index in [0.29, 0.717) is 11.3 Å². The first-order chi connectivity index (χ1) is 24.4. The molecule has 0 unspecified atom stereocenters. The molecule has 2 amide bonds. The molecular weight excluding hydrogens is 677 g/mol. The first-order valence-electron chi connectivity index (χ1n) is 17.1. The van der Waals surface area contributed by atoms with Crippen LogP contribution < -0.4 is 25.8 Å². The molecule has 2 aromatic heterocycles. The van der Waals surface area contributed by atoms with Crippen molar-refractivity contribution in [3.8, 4) is 22.6 Å². The number of halogens is 3. The van der Waals surface area contributed by atoms with Crippen LogP contribution in [-0.4, -0.2) is 77.4 Å². The molecule has 2 aliphatic heterocycles. The highest BCUT2D eigenvalue weighted by molar-refractivity contribution is 6.03. The maximum absolute atomic E-state index is 17.6. The number of nitrogens with two attached hydrogens (primary N) is 1. The lowest BCUT2D eigenvalue weighted by molar-refractivity contribution is -0.116. The maximum Gasteiger partial charge on any atom is 0.410 e. The highest BCUT2D eigenvalue weighted by Crippen LogP contribution is 2.46. The topological polar surface area (TPSA) is 123 Å². The number of carbonyl (C=O) groups is 2. The molecule has 14 heteroatoms. The molecule has 2 aromatic carbocycles. The lowest BCUT2D eigenvalue weighted by Gasteiger charge is -2.51. The van der Waals surface area contributed by atoms with E-state index in [1.807, 2.05) is 25.7 Å². The average Bonchev–Trinajstić information content (AvgIpc) is 3.04. The van der Waals surface area contributed by atoms with Crippen LogP contribution in [0.3, 0.4) is 0 Å². The second-order valence-corrected chi connectivity index (χ2v) is 14.7. The van der Waals surface area contributed by atoms with E-state index in [2.05, 4.69) is 4.98 Å². The molecule has 2 N–H and O–H groups in total. The number of anilines is 2. The Hall–Kier alpha value is -5.27. The minimum absolute atomic E-state index is 0.00120. The Morgan fingerprint density at radius 1 is 1.02 bits per heavy atom. The molecule has 276 valence electrons. The van der Waals surface area contributed by atoms with Crippen LogP contribution in [0.2, 0.25) is 0 Å². The molecule has 2 atom stereocenters. The summed E-state index contributed by atoms with van der Waals surface area (Å²) in [5.41, 5.74) is 4.27. The standard InChI is InChI=1S/C38H43F3N6O5/c1-19(2)31-32(20(3)12-13-43-31)47-33-23(14-25(40)29(30(33)41)28-24(39)10-9-11-26(28)51-8)34-35(36(47)49)44(18-27(42)48)16-22-17-45(21(4)15-46(22)34)37(50)52-38(5,6)7/h9-14,19,21-22H,15-18H2,1-8H3,(H2,42,48)/t21-,22+/m1/s1. The van der Waals surface area contributed by atoms with Gasteiger partial charge in [-0.2, -0.15) is 0 Å². The van der Waals surface area contributed by atoms with Crippen LogP contribution in [0, 0.1) is 24.4 Å². The number of ether oxygens (including phenoxy) is 2.